The summed E-state index contributed by atoms with van der Waals surface area (Å²) >= 11 is 0. The summed E-state index contributed by atoms with van der Waals surface area (Å²) in [5.41, 5.74) is 3.80. The van der Waals surface area contributed by atoms with E-state index in [2.05, 4.69) is 5.32 Å². The Hall–Kier alpha value is -3.85. The monoisotopic (exact) mass is 579 g/mol. The van der Waals surface area contributed by atoms with E-state index < -0.39 is 28.5 Å². The first-order valence-corrected chi connectivity index (χ1v) is 15.6. The predicted molar refractivity (Wildman–Crippen MR) is 163 cm³/mol. The Balaban J connectivity index is 2.09. The molecule has 1 N–H and O–H groups in total. The summed E-state index contributed by atoms with van der Waals surface area (Å²) in [7, 11) is -2.26. The van der Waals surface area contributed by atoms with E-state index in [1.165, 1.54) is 4.90 Å². The normalized spacial score (nSPS) is 12.7. The molecule has 2 amide bonds. The number of methoxy groups -OCH3 is 1. The number of anilines is 1. The van der Waals surface area contributed by atoms with Crippen LogP contribution in [0.4, 0.5) is 5.69 Å². The van der Waals surface area contributed by atoms with Crippen LogP contribution in [0.25, 0.3) is 0 Å². The topological polar surface area (TPSA) is 96.0 Å². The van der Waals surface area contributed by atoms with Crippen LogP contribution < -0.4 is 14.4 Å². The highest BCUT2D eigenvalue weighted by molar-refractivity contribution is 7.92. The van der Waals surface area contributed by atoms with Crippen molar-refractivity contribution in [3.05, 3.63) is 95.1 Å². The van der Waals surface area contributed by atoms with Crippen LogP contribution in [-0.2, 0) is 32.6 Å². The summed E-state index contributed by atoms with van der Waals surface area (Å²) in [4.78, 5) is 29.4. The van der Waals surface area contributed by atoms with Crippen molar-refractivity contribution in [3.8, 4) is 5.75 Å². The van der Waals surface area contributed by atoms with Gasteiger partial charge in [0.1, 0.15) is 18.3 Å². The first kappa shape index (κ1) is 31.7. The Morgan fingerprint density at radius 2 is 1.56 bits per heavy atom. The van der Waals surface area contributed by atoms with E-state index in [1.807, 2.05) is 82.3 Å². The minimum Gasteiger partial charge on any atom is -0.497 e. The van der Waals surface area contributed by atoms with Crippen molar-refractivity contribution in [2.24, 2.45) is 0 Å². The van der Waals surface area contributed by atoms with Crippen molar-refractivity contribution in [1.29, 1.82) is 0 Å². The Kier molecular flexibility index (Phi) is 10.9. The van der Waals surface area contributed by atoms with Crippen molar-refractivity contribution >= 4 is 27.5 Å². The number of rotatable bonds is 13. The molecule has 0 aliphatic rings. The van der Waals surface area contributed by atoms with E-state index in [4.69, 9.17) is 4.74 Å². The maximum Gasteiger partial charge on any atom is 0.244 e. The third-order valence-electron chi connectivity index (χ3n) is 6.93. The van der Waals surface area contributed by atoms with Gasteiger partial charge in [-0.15, -0.1) is 0 Å². The number of ether oxygens (including phenoxy) is 1. The van der Waals surface area contributed by atoms with Crippen molar-refractivity contribution in [3.63, 3.8) is 0 Å². The number of nitrogens with one attached hydrogen (secondary N) is 1. The lowest BCUT2D eigenvalue weighted by atomic mass is 10.0. The third-order valence-corrected chi connectivity index (χ3v) is 8.07. The van der Waals surface area contributed by atoms with Crippen molar-refractivity contribution < 1.29 is 22.7 Å². The van der Waals surface area contributed by atoms with E-state index in [-0.39, 0.29) is 24.9 Å². The molecular formula is C32H41N3O5S. The predicted octanol–water partition coefficient (Wildman–Crippen LogP) is 4.63. The molecule has 0 heterocycles. The van der Waals surface area contributed by atoms with E-state index in [0.717, 1.165) is 39.2 Å². The van der Waals surface area contributed by atoms with Crippen LogP contribution in [0.3, 0.4) is 0 Å². The van der Waals surface area contributed by atoms with Gasteiger partial charge in [0, 0.05) is 19.0 Å². The van der Waals surface area contributed by atoms with Crippen LogP contribution in [-0.4, -0.2) is 57.1 Å². The molecule has 0 saturated carbocycles. The first-order chi connectivity index (χ1) is 19.4. The van der Waals surface area contributed by atoms with Gasteiger partial charge in [-0.1, -0.05) is 55.5 Å². The number of amides is 2. The molecule has 0 aliphatic carbocycles. The fourth-order valence-electron chi connectivity index (χ4n) is 4.67. The zero-order valence-corrected chi connectivity index (χ0v) is 25.6. The lowest BCUT2D eigenvalue weighted by Gasteiger charge is -2.34. The molecule has 0 aromatic heterocycles. The van der Waals surface area contributed by atoms with Crippen molar-refractivity contribution in [2.45, 2.75) is 59.2 Å². The molecule has 0 spiro atoms. The molecular weight excluding hydrogens is 538 g/mol. The second-order valence-corrected chi connectivity index (χ2v) is 12.4. The maximum absolute atomic E-state index is 14.2. The Bertz CT molecular complexity index is 1420. The number of hydrogen-bond donors (Lipinski definition) is 1. The second-order valence-electron chi connectivity index (χ2n) is 10.5. The smallest absolute Gasteiger partial charge is 0.244 e. The van der Waals surface area contributed by atoms with Gasteiger partial charge in [-0.3, -0.25) is 13.9 Å². The molecule has 41 heavy (non-hydrogen) atoms. The maximum atomic E-state index is 14.2. The average molecular weight is 580 g/mol. The van der Waals surface area contributed by atoms with Gasteiger partial charge in [0.05, 0.1) is 19.1 Å². The van der Waals surface area contributed by atoms with Gasteiger partial charge >= 0.3 is 0 Å². The van der Waals surface area contributed by atoms with Gasteiger partial charge in [-0.2, -0.15) is 0 Å². The number of aryl methyl sites for hydroxylation is 2. The second kappa shape index (κ2) is 14.2. The third kappa shape index (κ3) is 9.08. The van der Waals surface area contributed by atoms with Gasteiger partial charge in [0.25, 0.3) is 0 Å². The lowest BCUT2D eigenvalue weighted by molar-refractivity contribution is -0.140. The summed E-state index contributed by atoms with van der Waals surface area (Å²) in [6, 6.07) is 21.2. The van der Waals surface area contributed by atoms with Crippen LogP contribution in [0.5, 0.6) is 5.75 Å². The molecule has 0 radical (unpaired) electrons. The Morgan fingerprint density at radius 3 is 2.15 bits per heavy atom. The minimum absolute atomic E-state index is 0.0892. The summed E-state index contributed by atoms with van der Waals surface area (Å²) in [6.45, 7) is 7.28. The largest absolute Gasteiger partial charge is 0.497 e. The van der Waals surface area contributed by atoms with E-state index in [0.29, 0.717) is 11.4 Å². The molecule has 220 valence electrons. The quantitative estimate of drug-likeness (QED) is 0.319. The van der Waals surface area contributed by atoms with E-state index in [9.17, 15) is 18.0 Å². The highest BCUT2D eigenvalue weighted by atomic mass is 32.2. The average Bonchev–Trinajstić information content (AvgIpc) is 2.92. The molecule has 2 atom stereocenters. The summed E-state index contributed by atoms with van der Waals surface area (Å²) in [5.74, 6) is -0.166. The lowest BCUT2D eigenvalue weighted by Crippen LogP contribution is -2.54. The van der Waals surface area contributed by atoms with E-state index >= 15 is 0 Å². The van der Waals surface area contributed by atoms with Gasteiger partial charge < -0.3 is 15.0 Å². The van der Waals surface area contributed by atoms with Gasteiger partial charge in [0.15, 0.2) is 0 Å². The Morgan fingerprint density at radius 1 is 0.927 bits per heavy atom. The van der Waals surface area contributed by atoms with Crippen LogP contribution in [0.2, 0.25) is 0 Å². The molecule has 9 heteroatoms. The van der Waals surface area contributed by atoms with Crippen molar-refractivity contribution in [1.82, 2.24) is 10.2 Å². The molecule has 0 aliphatic heterocycles. The van der Waals surface area contributed by atoms with Crippen LogP contribution in [0.15, 0.2) is 72.8 Å². The highest BCUT2D eigenvalue weighted by Gasteiger charge is 2.33. The molecule has 0 unspecified atom stereocenters. The summed E-state index contributed by atoms with van der Waals surface area (Å²) in [6.07, 6.45) is 2.07. The standard InChI is InChI=1S/C32H41N3O5S/c1-7-25(4)33-32(37)30(20-26-12-9-8-10-13-26)34(21-27-14-11-15-29(19-27)40-5)31(36)22-35(41(6,38)39)28-17-23(2)16-24(3)18-28/h8-19,25,30H,7,20-22H2,1-6H3,(H,33,37)/t25-,30-/m1/s1. The fraction of sp³-hybridized carbons (Fsp3) is 0.375. The molecule has 0 saturated heterocycles. The summed E-state index contributed by atoms with van der Waals surface area (Å²) in [5, 5.41) is 3.03. The molecule has 8 nitrogen and oxygen atoms in total. The summed E-state index contributed by atoms with van der Waals surface area (Å²) < 4.78 is 32.5. The first-order valence-electron chi connectivity index (χ1n) is 13.7. The molecule has 3 rings (SSSR count). The number of benzene rings is 3. The zero-order valence-electron chi connectivity index (χ0n) is 24.8. The van der Waals surface area contributed by atoms with Gasteiger partial charge in [-0.05, 0) is 73.7 Å². The number of nitrogens with zero attached hydrogens (tertiary/aromatic N) is 2. The molecule has 0 fully saturated rings. The van der Waals surface area contributed by atoms with E-state index in [1.54, 1.807) is 25.3 Å². The highest BCUT2D eigenvalue weighted by Crippen LogP contribution is 2.23. The molecule has 0 bridgehead atoms. The molecule has 3 aromatic rings. The fourth-order valence-corrected chi connectivity index (χ4v) is 5.50. The number of sulfonamides is 1. The van der Waals surface area contributed by atoms with Gasteiger partial charge in [0.2, 0.25) is 21.8 Å². The van der Waals surface area contributed by atoms with Crippen LogP contribution >= 0.6 is 0 Å². The Labute approximate surface area is 244 Å². The number of hydrogen-bond acceptors (Lipinski definition) is 5. The van der Waals surface area contributed by atoms with Gasteiger partial charge in [-0.25, -0.2) is 8.42 Å². The van der Waals surface area contributed by atoms with Crippen LogP contribution in [0.1, 0.15) is 42.5 Å². The number of carbonyl (C=O) groups is 2. The number of carbonyl (C=O) groups excluding carboxylic acids is 2. The van der Waals surface area contributed by atoms with Crippen LogP contribution in [0, 0.1) is 13.8 Å². The SMILES string of the molecule is CC[C@@H](C)NC(=O)[C@@H](Cc1ccccc1)N(Cc1cccc(OC)c1)C(=O)CN(c1cc(C)cc(C)c1)S(C)(=O)=O. The van der Waals surface area contributed by atoms with Crippen molar-refractivity contribution in [2.75, 3.05) is 24.2 Å². The minimum atomic E-state index is -3.83. The zero-order chi connectivity index (χ0) is 30.2. The molecule has 3 aromatic carbocycles.